The zero-order chi connectivity index (χ0) is 19.4. The van der Waals surface area contributed by atoms with E-state index in [1.807, 2.05) is 51.3 Å². The van der Waals surface area contributed by atoms with Crippen molar-refractivity contribution in [2.75, 3.05) is 12.4 Å². The van der Waals surface area contributed by atoms with Gasteiger partial charge in [0, 0.05) is 18.0 Å². The number of aromatic nitrogens is 2. The number of allylic oxidation sites excluding steroid dienone is 5. The maximum absolute atomic E-state index is 13.3. The van der Waals surface area contributed by atoms with Gasteiger partial charge in [0.2, 0.25) is 0 Å². The molecular formula is C23H22FN3. The molecule has 0 spiro atoms. The summed E-state index contributed by atoms with van der Waals surface area (Å²) in [5.41, 5.74) is 4.74. The van der Waals surface area contributed by atoms with Gasteiger partial charge in [0.25, 0.3) is 0 Å². The maximum atomic E-state index is 13.3. The lowest BCUT2D eigenvalue weighted by atomic mass is 9.97. The van der Waals surface area contributed by atoms with Crippen molar-refractivity contribution in [3.05, 3.63) is 84.5 Å². The highest BCUT2D eigenvalue weighted by Crippen LogP contribution is 2.33. The fraction of sp³-hybridized carbons (Fsp3) is 0.130. The number of rotatable bonds is 5. The zero-order valence-corrected chi connectivity index (χ0v) is 15.8. The average Bonchev–Trinajstić information content (AvgIpc) is 2.69. The first-order valence-corrected chi connectivity index (χ1v) is 8.80. The second kappa shape index (κ2) is 7.96. The minimum atomic E-state index is -0.244. The molecule has 1 N–H and O–H groups in total. The number of nitrogens with zero attached hydrogens (tertiary/aromatic N) is 2. The minimum absolute atomic E-state index is 0.244. The van der Waals surface area contributed by atoms with Gasteiger partial charge in [0.1, 0.15) is 11.6 Å². The summed E-state index contributed by atoms with van der Waals surface area (Å²) in [6.07, 6.45) is 7.57. The van der Waals surface area contributed by atoms with Gasteiger partial charge >= 0.3 is 0 Å². The van der Waals surface area contributed by atoms with Crippen LogP contribution in [0.1, 0.15) is 18.3 Å². The van der Waals surface area contributed by atoms with E-state index in [-0.39, 0.29) is 5.82 Å². The van der Waals surface area contributed by atoms with Crippen molar-refractivity contribution >= 4 is 22.3 Å². The lowest BCUT2D eigenvalue weighted by Gasteiger charge is -2.14. The van der Waals surface area contributed by atoms with Gasteiger partial charge in [-0.15, -0.1) is 0 Å². The van der Waals surface area contributed by atoms with E-state index in [0.717, 1.165) is 39.0 Å². The molecule has 0 saturated carbocycles. The normalized spacial score (nSPS) is 11.9. The molecule has 0 amide bonds. The summed E-state index contributed by atoms with van der Waals surface area (Å²) in [5.74, 6) is 1.13. The van der Waals surface area contributed by atoms with Crippen molar-refractivity contribution < 1.29 is 4.39 Å². The third-order valence-corrected chi connectivity index (χ3v) is 4.46. The van der Waals surface area contributed by atoms with Crippen LogP contribution in [0.4, 0.5) is 10.2 Å². The molecule has 0 aliphatic rings. The molecule has 0 unspecified atom stereocenters. The van der Waals surface area contributed by atoms with Gasteiger partial charge in [-0.1, -0.05) is 49.1 Å². The Hall–Kier alpha value is -3.27. The Kier molecular flexibility index (Phi) is 5.46. The van der Waals surface area contributed by atoms with E-state index in [0.29, 0.717) is 5.82 Å². The number of hydrogen-bond donors (Lipinski definition) is 1. The molecule has 27 heavy (non-hydrogen) atoms. The van der Waals surface area contributed by atoms with Crippen molar-refractivity contribution in [1.29, 1.82) is 0 Å². The average molecular weight is 359 g/mol. The molecule has 3 nitrogen and oxygen atoms in total. The molecule has 3 rings (SSSR count). The van der Waals surface area contributed by atoms with Crippen LogP contribution >= 0.6 is 0 Å². The Labute approximate surface area is 159 Å². The lowest BCUT2D eigenvalue weighted by molar-refractivity contribution is 0.628. The predicted molar refractivity (Wildman–Crippen MR) is 112 cm³/mol. The zero-order valence-electron chi connectivity index (χ0n) is 15.8. The monoisotopic (exact) mass is 359 g/mol. The van der Waals surface area contributed by atoms with Crippen LogP contribution in [0.2, 0.25) is 0 Å². The van der Waals surface area contributed by atoms with Gasteiger partial charge < -0.3 is 5.32 Å². The predicted octanol–water partition coefficient (Wildman–Crippen LogP) is 5.93. The van der Waals surface area contributed by atoms with Crippen molar-refractivity contribution in [2.45, 2.75) is 13.8 Å². The van der Waals surface area contributed by atoms with Crippen LogP contribution in [0, 0.1) is 12.7 Å². The molecule has 0 radical (unpaired) electrons. The number of halogens is 1. The van der Waals surface area contributed by atoms with Crippen LogP contribution < -0.4 is 5.32 Å². The lowest BCUT2D eigenvalue weighted by Crippen LogP contribution is -2.02. The maximum Gasteiger partial charge on any atom is 0.162 e. The van der Waals surface area contributed by atoms with E-state index in [2.05, 4.69) is 11.9 Å². The Morgan fingerprint density at radius 3 is 2.48 bits per heavy atom. The van der Waals surface area contributed by atoms with Gasteiger partial charge in [-0.3, -0.25) is 0 Å². The molecule has 3 aromatic rings. The van der Waals surface area contributed by atoms with E-state index in [1.54, 1.807) is 18.2 Å². The van der Waals surface area contributed by atoms with Gasteiger partial charge in [-0.25, -0.2) is 14.4 Å². The smallest absolute Gasteiger partial charge is 0.162 e. The van der Waals surface area contributed by atoms with Crippen LogP contribution in [0.3, 0.4) is 0 Å². The highest BCUT2D eigenvalue weighted by molar-refractivity contribution is 5.97. The summed E-state index contributed by atoms with van der Waals surface area (Å²) < 4.78 is 13.3. The Bertz CT molecular complexity index is 1050. The van der Waals surface area contributed by atoms with E-state index in [1.165, 1.54) is 12.1 Å². The number of aryl methyl sites for hydroxylation is 1. The molecule has 4 heteroatoms. The van der Waals surface area contributed by atoms with E-state index < -0.39 is 0 Å². The van der Waals surface area contributed by atoms with E-state index in [4.69, 9.17) is 9.97 Å². The number of hydrogen-bond acceptors (Lipinski definition) is 3. The molecule has 0 fully saturated rings. The highest BCUT2D eigenvalue weighted by atomic mass is 19.1. The SMILES string of the molecule is C=C/C(=C\C=C/C)c1nc(NC)c2c(C)c(-c3ccc(F)cc3)ccc2n1. The first-order valence-electron chi connectivity index (χ1n) is 8.80. The summed E-state index contributed by atoms with van der Waals surface area (Å²) in [7, 11) is 1.85. The first kappa shape index (κ1) is 18.5. The fourth-order valence-electron chi connectivity index (χ4n) is 3.08. The van der Waals surface area contributed by atoms with Crippen LogP contribution in [-0.2, 0) is 0 Å². The van der Waals surface area contributed by atoms with Crippen LogP contribution in [0.25, 0.3) is 27.6 Å². The Morgan fingerprint density at radius 2 is 1.85 bits per heavy atom. The largest absolute Gasteiger partial charge is 0.373 e. The molecule has 0 aliphatic carbocycles. The summed E-state index contributed by atoms with van der Waals surface area (Å²) in [6.45, 7) is 7.86. The standard InChI is InChI=1S/C23H22FN3/c1-5-7-8-16(6-2)22-26-20-14-13-19(17-9-11-18(24)12-10-17)15(3)21(20)23(25-4)27-22/h5-14H,2H2,1,3-4H3,(H,25,26,27)/b7-5-,16-8+. The van der Waals surface area contributed by atoms with Gasteiger partial charge in [0.15, 0.2) is 5.82 Å². The van der Waals surface area contributed by atoms with Crippen molar-refractivity contribution in [2.24, 2.45) is 0 Å². The summed E-state index contributed by atoms with van der Waals surface area (Å²) in [6, 6.07) is 10.5. The molecule has 136 valence electrons. The molecule has 1 heterocycles. The molecule has 1 aromatic heterocycles. The molecule has 0 bridgehead atoms. The minimum Gasteiger partial charge on any atom is -0.373 e. The molecule has 0 saturated heterocycles. The molecule has 0 atom stereocenters. The first-order chi connectivity index (χ1) is 13.1. The van der Waals surface area contributed by atoms with Gasteiger partial charge in [-0.05, 0) is 48.7 Å². The summed E-state index contributed by atoms with van der Waals surface area (Å²) in [4.78, 5) is 9.43. The number of anilines is 1. The third-order valence-electron chi connectivity index (χ3n) is 4.46. The second-order valence-electron chi connectivity index (χ2n) is 6.14. The molecular weight excluding hydrogens is 337 g/mol. The number of fused-ring (bicyclic) bond motifs is 1. The summed E-state index contributed by atoms with van der Waals surface area (Å²) >= 11 is 0. The van der Waals surface area contributed by atoms with Crippen molar-refractivity contribution in [3.63, 3.8) is 0 Å². The Morgan fingerprint density at radius 1 is 1.11 bits per heavy atom. The summed E-state index contributed by atoms with van der Waals surface area (Å²) in [5, 5.41) is 4.14. The van der Waals surface area contributed by atoms with Gasteiger partial charge in [-0.2, -0.15) is 0 Å². The van der Waals surface area contributed by atoms with E-state index >= 15 is 0 Å². The van der Waals surface area contributed by atoms with Crippen molar-refractivity contribution in [3.8, 4) is 11.1 Å². The van der Waals surface area contributed by atoms with Crippen LogP contribution in [-0.4, -0.2) is 17.0 Å². The van der Waals surface area contributed by atoms with Crippen molar-refractivity contribution in [1.82, 2.24) is 9.97 Å². The van der Waals surface area contributed by atoms with Crippen LogP contribution in [0.5, 0.6) is 0 Å². The quantitative estimate of drug-likeness (QED) is 0.574. The third kappa shape index (κ3) is 3.65. The highest BCUT2D eigenvalue weighted by Gasteiger charge is 2.14. The van der Waals surface area contributed by atoms with E-state index in [9.17, 15) is 4.39 Å². The fourth-order valence-corrected chi connectivity index (χ4v) is 3.08. The number of nitrogens with one attached hydrogen (secondary N) is 1. The van der Waals surface area contributed by atoms with Gasteiger partial charge in [0.05, 0.1) is 5.52 Å². The van der Waals surface area contributed by atoms with Crippen LogP contribution in [0.15, 0.2) is 67.3 Å². The molecule has 0 aliphatic heterocycles. The topological polar surface area (TPSA) is 37.8 Å². The Balaban J connectivity index is 2.23. The molecule has 2 aromatic carbocycles. The number of benzene rings is 2. The second-order valence-corrected chi connectivity index (χ2v) is 6.14.